The molecule has 0 saturated carbocycles. The lowest BCUT2D eigenvalue weighted by Gasteiger charge is -2.23. The predicted molar refractivity (Wildman–Crippen MR) is 55.9 cm³/mol. The number of hydrogen-bond donors (Lipinski definition) is 0. The summed E-state index contributed by atoms with van der Waals surface area (Å²) >= 11 is 0. The van der Waals surface area contributed by atoms with E-state index in [-0.39, 0.29) is 6.42 Å². The first-order chi connectivity index (χ1) is 7.35. The zero-order valence-corrected chi connectivity index (χ0v) is 10.4. The molecule has 0 radical (unpaired) electrons. The van der Waals surface area contributed by atoms with E-state index in [0.717, 1.165) is 19.5 Å². The summed E-state index contributed by atoms with van der Waals surface area (Å²) in [6, 6.07) is 0. The molecule has 0 atom stereocenters. The van der Waals surface area contributed by atoms with Crippen molar-refractivity contribution in [3.63, 3.8) is 0 Å². The Labute approximate surface area is 94.5 Å². The molecular weight excluding hydrogens is 232 g/mol. The van der Waals surface area contributed by atoms with Gasteiger partial charge in [-0.05, 0) is 0 Å². The molecule has 0 aliphatic carbocycles. The minimum Gasteiger partial charge on any atom is -0.452 e. The van der Waals surface area contributed by atoms with Crippen LogP contribution < -0.4 is 0 Å². The number of carbonyl (C=O) groups excluding carboxylic acids is 3. The first-order valence-corrected chi connectivity index (χ1v) is 6.40. The number of hydrogen-bond acceptors (Lipinski definition) is 6. The lowest BCUT2D eigenvalue weighted by Crippen LogP contribution is -2.48. The van der Waals surface area contributed by atoms with Gasteiger partial charge in [0.2, 0.25) is 0 Å². The molecule has 0 unspecified atom stereocenters. The Kier molecular flexibility index (Phi) is 5.44. The maximum atomic E-state index is 11.1. The Morgan fingerprint density at radius 3 is 1.81 bits per heavy atom. The molecule has 0 heterocycles. The van der Waals surface area contributed by atoms with Crippen molar-refractivity contribution in [2.24, 2.45) is 0 Å². The average molecular weight is 246 g/mol. The zero-order chi connectivity index (χ0) is 12.8. The third kappa shape index (κ3) is 4.74. The van der Waals surface area contributed by atoms with Gasteiger partial charge in [-0.3, -0.25) is 14.4 Å². The van der Waals surface area contributed by atoms with Crippen LogP contribution in [0, 0.1) is 0 Å². The molecular formula is C9H14O6Si. The van der Waals surface area contributed by atoms with Gasteiger partial charge in [-0.1, -0.05) is 13.5 Å². The van der Waals surface area contributed by atoms with Crippen LogP contribution in [0.3, 0.4) is 0 Å². The second-order valence-electron chi connectivity index (χ2n) is 2.82. The quantitative estimate of drug-likeness (QED) is 0.665. The van der Waals surface area contributed by atoms with E-state index in [1.54, 1.807) is 6.92 Å². The van der Waals surface area contributed by atoms with Crippen molar-refractivity contribution in [3.8, 4) is 0 Å². The Morgan fingerprint density at radius 1 is 1.12 bits per heavy atom. The van der Waals surface area contributed by atoms with E-state index in [0.29, 0.717) is 0 Å². The van der Waals surface area contributed by atoms with Crippen molar-refractivity contribution in [1.29, 1.82) is 0 Å². The minimum absolute atomic E-state index is 0.0745. The third-order valence-corrected chi connectivity index (χ3v) is 3.52. The monoisotopic (exact) mass is 246 g/mol. The van der Waals surface area contributed by atoms with Gasteiger partial charge in [-0.15, -0.1) is 0 Å². The highest BCUT2D eigenvalue weighted by atomic mass is 28.4. The van der Waals surface area contributed by atoms with Crippen LogP contribution in [0.5, 0.6) is 0 Å². The lowest BCUT2D eigenvalue weighted by molar-refractivity contribution is -0.147. The molecule has 0 spiro atoms. The number of carbonyl (C=O) groups is 3. The molecule has 16 heavy (non-hydrogen) atoms. The topological polar surface area (TPSA) is 78.9 Å². The smallest absolute Gasteiger partial charge is 0.452 e. The van der Waals surface area contributed by atoms with E-state index < -0.39 is 26.7 Å². The fraction of sp³-hybridized carbons (Fsp3) is 0.444. The fourth-order valence-electron chi connectivity index (χ4n) is 0.819. The van der Waals surface area contributed by atoms with Crippen LogP contribution in [0.2, 0.25) is 0 Å². The van der Waals surface area contributed by atoms with Gasteiger partial charge >= 0.3 is 8.80 Å². The van der Waals surface area contributed by atoms with Crippen LogP contribution in [0.1, 0.15) is 27.2 Å². The van der Waals surface area contributed by atoms with E-state index >= 15 is 0 Å². The molecule has 0 rings (SSSR count). The van der Waals surface area contributed by atoms with Crippen molar-refractivity contribution in [2.45, 2.75) is 27.2 Å². The fourth-order valence-corrected chi connectivity index (χ4v) is 2.46. The summed E-state index contributed by atoms with van der Waals surface area (Å²) < 4.78 is 14.4. The molecule has 0 aliphatic rings. The van der Waals surface area contributed by atoms with Gasteiger partial charge in [0.1, 0.15) is 0 Å². The van der Waals surface area contributed by atoms with Gasteiger partial charge in [0.25, 0.3) is 17.9 Å². The normalized spacial score (nSPS) is 10.2. The Morgan fingerprint density at radius 2 is 1.56 bits per heavy atom. The van der Waals surface area contributed by atoms with Crippen LogP contribution >= 0.6 is 0 Å². The summed E-state index contributed by atoms with van der Waals surface area (Å²) in [6.07, 6.45) is 0.0745. The molecule has 0 N–H and O–H groups in total. The van der Waals surface area contributed by atoms with Crippen molar-refractivity contribution in [2.75, 3.05) is 0 Å². The first kappa shape index (κ1) is 14.4. The lowest BCUT2D eigenvalue weighted by atomic mass is 10.5. The average Bonchev–Trinajstić information content (AvgIpc) is 2.15. The molecule has 90 valence electrons. The number of rotatable bonds is 5. The maximum absolute atomic E-state index is 11.1. The van der Waals surface area contributed by atoms with Crippen molar-refractivity contribution in [3.05, 3.63) is 12.3 Å². The Bertz CT molecular complexity index is 295. The van der Waals surface area contributed by atoms with Crippen molar-refractivity contribution in [1.82, 2.24) is 0 Å². The molecule has 7 heteroatoms. The zero-order valence-electron chi connectivity index (χ0n) is 9.44. The summed E-state index contributed by atoms with van der Waals surface area (Å²) in [5, 5.41) is 0. The standard InChI is InChI=1S/C9H14O6Si/c1-5-9(12)15-16(6-2,13-7(3)10)14-8(4)11/h6H,2,5H2,1,3-4H3. The summed E-state index contributed by atoms with van der Waals surface area (Å²) in [6.45, 7) is 7.16. The highest BCUT2D eigenvalue weighted by Gasteiger charge is 2.49. The molecule has 0 saturated heterocycles. The van der Waals surface area contributed by atoms with Crippen molar-refractivity contribution < 1.29 is 27.7 Å². The van der Waals surface area contributed by atoms with Gasteiger partial charge in [0.05, 0.1) is 0 Å². The van der Waals surface area contributed by atoms with Gasteiger partial charge < -0.3 is 13.3 Å². The predicted octanol–water partition coefficient (Wildman–Crippen LogP) is 0.730. The molecule has 0 fully saturated rings. The van der Waals surface area contributed by atoms with Crippen LogP contribution in [-0.4, -0.2) is 26.7 Å². The first-order valence-electron chi connectivity index (χ1n) is 4.59. The van der Waals surface area contributed by atoms with E-state index in [1.807, 2.05) is 0 Å². The SMILES string of the molecule is C=C[Si](OC(C)=O)(OC(C)=O)OC(=O)CC. The van der Waals surface area contributed by atoms with Crippen LogP contribution in [0.25, 0.3) is 0 Å². The van der Waals surface area contributed by atoms with E-state index in [4.69, 9.17) is 13.3 Å². The third-order valence-electron chi connectivity index (χ3n) is 1.37. The molecule has 0 aliphatic heterocycles. The van der Waals surface area contributed by atoms with Gasteiger partial charge in [-0.25, -0.2) is 0 Å². The highest BCUT2D eigenvalue weighted by Crippen LogP contribution is 2.13. The van der Waals surface area contributed by atoms with Crippen LogP contribution in [0.15, 0.2) is 12.3 Å². The summed E-state index contributed by atoms with van der Waals surface area (Å²) in [5.41, 5.74) is 1.06. The molecule has 0 aromatic carbocycles. The van der Waals surface area contributed by atoms with Gasteiger partial charge in [-0.2, -0.15) is 0 Å². The molecule has 0 aromatic heterocycles. The second kappa shape index (κ2) is 6.06. The minimum atomic E-state index is -3.76. The molecule has 0 aromatic rings. The summed E-state index contributed by atoms with van der Waals surface area (Å²) in [7, 11) is -3.76. The van der Waals surface area contributed by atoms with Crippen LogP contribution in [0.4, 0.5) is 0 Å². The molecule has 0 bridgehead atoms. The van der Waals surface area contributed by atoms with Gasteiger partial charge in [0, 0.05) is 26.0 Å². The summed E-state index contributed by atoms with van der Waals surface area (Å²) in [4.78, 5) is 32.8. The second-order valence-corrected chi connectivity index (χ2v) is 5.05. The van der Waals surface area contributed by atoms with E-state index in [9.17, 15) is 14.4 Å². The molecule has 0 amide bonds. The Hall–Kier alpha value is -1.63. The Balaban J connectivity index is 4.93. The molecule has 6 nitrogen and oxygen atoms in total. The largest absolute Gasteiger partial charge is 0.734 e. The van der Waals surface area contributed by atoms with Crippen LogP contribution in [-0.2, 0) is 27.7 Å². The van der Waals surface area contributed by atoms with E-state index in [2.05, 4.69) is 6.58 Å². The van der Waals surface area contributed by atoms with E-state index in [1.165, 1.54) is 0 Å². The summed E-state index contributed by atoms with van der Waals surface area (Å²) in [5.74, 6) is -2.05. The van der Waals surface area contributed by atoms with Crippen molar-refractivity contribution >= 4 is 26.7 Å². The highest BCUT2D eigenvalue weighted by molar-refractivity contribution is 6.70. The maximum Gasteiger partial charge on any atom is 0.734 e. The van der Waals surface area contributed by atoms with Gasteiger partial charge in [0.15, 0.2) is 0 Å².